The first-order valence-electron chi connectivity index (χ1n) is 10.8. The second-order valence-electron chi connectivity index (χ2n) is 7.80. The summed E-state index contributed by atoms with van der Waals surface area (Å²) in [5, 5.41) is 9.02. The smallest absolute Gasteiger partial charge is 0.307 e. The minimum absolute atomic E-state index is 0.0133. The summed E-state index contributed by atoms with van der Waals surface area (Å²) in [7, 11) is 0. The summed E-state index contributed by atoms with van der Waals surface area (Å²) >= 11 is 0. The molecule has 0 bridgehead atoms. The Morgan fingerprint density at radius 1 is 1.00 bits per heavy atom. The molecule has 2 N–H and O–H groups in total. The molecule has 1 aliphatic rings. The van der Waals surface area contributed by atoms with Crippen molar-refractivity contribution in [2.45, 2.75) is 26.2 Å². The monoisotopic (exact) mass is 429 g/mol. The Bertz CT molecular complexity index is 1120. The van der Waals surface area contributed by atoms with Crippen LogP contribution in [0.3, 0.4) is 0 Å². The van der Waals surface area contributed by atoms with Gasteiger partial charge in [0.2, 0.25) is 0 Å². The number of nitrogens with one attached hydrogen (secondary N) is 1. The van der Waals surface area contributed by atoms with Crippen LogP contribution in [0.25, 0.3) is 16.8 Å². The van der Waals surface area contributed by atoms with Crippen LogP contribution in [0.15, 0.2) is 72.8 Å². The number of carbonyl (C=O) groups is 1. The lowest BCUT2D eigenvalue weighted by Gasteiger charge is -2.20. The molecule has 3 aromatic rings. The van der Waals surface area contributed by atoms with Crippen molar-refractivity contribution in [3.8, 4) is 16.9 Å². The summed E-state index contributed by atoms with van der Waals surface area (Å²) in [4.78, 5) is 16.6. The van der Waals surface area contributed by atoms with Crippen LogP contribution in [0.1, 0.15) is 28.7 Å². The normalized spacial score (nSPS) is 12.6. The number of aliphatic carboxylic acids is 1. The lowest BCUT2D eigenvalue weighted by atomic mass is 9.91. The molecule has 0 aromatic heterocycles. The Hall–Kier alpha value is -3.57. The van der Waals surface area contributed by atoms with Crippen LogP contribution in [0.2, 0.25) is 0 Å². The number of aryl methyl sites for hydroxylation is 1. The van der Waals surface area contributed by atoms with Crippen LogP contribution in [-0.4, -0.2) is 24.3 Å². The molecule has 4 rings (SSSR count). The number of rotatable bonds is 9. The van der Waals surface area contributed by atoms with E-state index in [0.717, 1.165) is 35.2 Å². The molecule has 5 nitrogen and oxygen atoms in total. The van der Waals surface area contributed by atoms with Gasteiger partial charge in [-0.3, -0.25) is 15.1 Å². The summed E-state index contributed by atoms with van der Waals surface area (Å²) in [5.41, 5.74) is 10.6. The Kier molecular flexibility index (Phi) is 6.87. The topological polar surface area (TPSA) is 67.8 Å². The number of allylic oxidation sites excluding steroid dienone is 1. The average molecular weight is 430 g/mol. The van der Waals surface area contributed by atoms with E-state index in [2.05, 4.69) is 54.0 Å². The van der Waals surface area contributed by atoms with Crippen molar-refractivity contribution in [3.05, 3.63) is 95.1 Å². The van der Waals surface area contributed by atoms with Gasteiger partial charge in [-0.05, 0) is 53.6 Å². The van der Waals surface area contributed by atoms with Gasteiger partial charge in [-0.2, -0.15) is 0 Å². The number of ether oxygens (including phenoxy) is 1. The predicted molar refractivity (Wildman–Crippen MR) is 125 cm³/mol. The zero-order chi connectivity index (χ0) is 22.3. The summed E-state index contributed by atoms with van der Waals surface area (Å²) < 4.78 is 5.81. The molecule has 1 aliphatic carbocycles. The van der Waals surface area contributed by atoms with E-state index in [1.807, 2.05) is 31.2 Å². The van der Waals surface area contributed by atoms with Gasteiger partial charge in [-0.25, -0.2) is 0 Å². The maximum atomic E-state index is 11.0. The SMILES string of the molecule is Cc1c(CC(=O)O)cccc1OCCONC1=CCCc2cc(-c3ccccc3)ccc21. The molecule has 0 atom stereocenters. The Morgan fingerprint density at radius 2 is 1.84 bits per heavy atom. The molecule has 0 saturated heterocycles. The first kappa shape index (κ1) is 21.7. The number of hydroxylamine groups is 1. The number of fused-ring (bicyclic) bond motifs is 1. The van der Waals surface area contributed by atoms with Gasteiger partial charge in [-0.15, -0.1) is 0 Å². The minimum Gasteiger partial charge on any atom is -0.491 e. The number of carboxylic acids is 1. The van der Waals surface area contributed by atoms with E-state index in [1.165, 1.54) is 16.7 Å². The van der Waals surface area contributed by atoms with Crippen LogP contribution < -0.4 is 10.2 Å². The van der Waals surface area contributed by atoms with Crippen molar-refractivity contribution in [1.82, 2.24) is 5.48 Å². The van der Waals surface area contributed by atoms with Gasteiger partial charge < -0.3 is 9.84 Å². The van der Waals surface area contributed by atoms with E-state index in [9.17, 15) is 4.79 Å². The summed E-state index contributed by atoms with van der Waals surface area (Å²) in [6.07, 6.45) is 4.12. The van der Waals surface area contributed by atoms with Gasteiger partial charge in [-0.1, -0.05) is 66.7 Å². The Labute approximate surface area is 188 Å². The van der Waals surface area contributed by atoms with Crippen LogP contribution >= 0.6 is 0 Å². The van der Waals surface area contributed by atoms with Crippen LogP contribution in [-0.2, 0) is 22.5 Å². The highest BCUT2D eigenvalue weighted by atomic mass is 16.7. The van der Waals surface area contributed by atoms with E-state index >= 15 is 0 Å². The van der Waals surface area contributed by atoms with Crippen molar-refractivity contribution in [2.75, 3.05) is 13.2 Å². The molecule has 0 unspecified atom stereocenters. The molecule has 0 fully saturated rings. The number of carboxylic acid groups (broad SMARTS) is 1. The third kappa shape index (κ3) is 5.18. The first-order valence-corrected chi connectivity index (χ1v) is 10.8. The first-order chi connectivity index (χ1) is 15.6. The molecular formula is C27H27NO4. The Morgan fingerprint density at radius 3 is 2.66 bits per heavy atom. The summed E-state index contributed by atoms with van der Waals surface area (Å²) in [6, 6.07) is 22.4. The minimum atomic E-state index is -0.852. The van der Waals surface area contributed by atoms with Gasteiger partial charge in [0.1, 0.15) is 19.0 Å². The van der Waals surface area contributed by atoms with Crippen molar-refractivity contribution in [1.29, 1.82) is 0 Å². The summed E-state index contributed by atoms with van der Waals surface area (Å²) in [6.45, 7) is 2.59. The second-order valence-corrected chi connectivity index (χ2v) is 7.80. The molecule has 3 aromatic carbocycles. The van der Waals surface area contributed by atoms with Gasteiger partial charge in [0, 0.05) is 5.56 Å². The highest BCUT2D eigenvalue weighted by Crippen LogP contribution is 2.29. The lowest BCUT2D eigenvalue weighted by molar-refractivity contribution is -0.136. The van der Waals surface area contributed by atoms with Crippen molar-refractivity contribution >= 4 is 11.7 Å². The number of benzene rings is 3. The number of hydrogen-bond acceptors (Lipinski definition) is 4. The maximum Gasteiger partial charge on any atom is 0.307 e. The lowest BCUT2D eigenvalue weighted by Crippen LogP contribution is -2.20. The Balaban J connectivity index is 1.31. The summed E-state index contributed by atoms with van der Waals surface area (Å²) in [5.74, 6) is -0.169. The standard InChI is InChI=1S/C27H27NO4/c1-19-21(18-27(29)30)9-6-12-26(19)31-15-16-32-28-25-11-5-10-23-17-22(13-14-24(23)25)20-7-3-2-4-8-20/h2-4,6-9,11-14,17,28H,5,10,15-16,18H2,1H3,(H,29,30). The fraction of sp³-hybridized carbons (Fsp3) is 0.222. The van der Waals surface area contributed by atoms with Crippen molar-refractivity contribution in [3.63, 3.8) is 0 Å². The molecule has 0 spiro atoms. The van der Waals surface area contributed by atoms with Crippen molar-refractivity contribution < 1.29 is 19.5 Å². The van der Waals surface area contributed by atoms with E-state index in [0.29, 0.717) is 19.0 Å². The van der Waals surface area contributed by atoms with Crippen LogP contribution in [0, 0.1) is 6.92 Å². The molecule has 0 saturated carbocycles. The zero-order valence-corrected chi connectivity index (χ0v) is 18.1. The van der Waals surface area contributed by atoms with Gasteiger partial charge in [0.15, 0.2) is 0 Å². The van der Waals surface area contributed by atoms with E-state index in [4.69, 9.17) is 14.7 Å². The molecule has 5 heteroatoms. The molecular weight excluding hydrogens is 402 g/mol. The fourth-order valence-electron chi connectivity index (χ4n) is 3.94. The van der Waals surface area contributed by atoms with Gasteiger partial charge in [0.05, 0.1) is 12.1 Å². The van der Waals surface area contributed by atoms with Gasteiger partial charge >= 0.3 is 5.97 Å². The molecule has 0 heterocycles. The van der Waals surface area contributed by atoms with Crippen molar-refractivity contribution in [2.24, 2.45) is 0 Å². The largest absolute Gasteiger partial charge is 0.491 e. The zero-order valence-electron chi connectivity index (χ0n) is 18.1. The number of hydrogen-bond donors (Lipinski definition) is 2. The van der Waals surface area contributed by atoms with E-state index in [1.54, 1.807) is 0 Å². The second kappa shape index (κ2) is 10.2. The highest BCUT2D eigenvalue weighted by Gasteiger charge is 2.14. The highest BCUT2D eigenvalue weighted by molar-refractivity contribution is 5.73. The molecule has 164 valence electrons. The van der Waals surface area contributed by atoms with E-state index in [-0.39, 0.29) is 6.42 Å². The van der Waals surface area contributed by atoms with Crippen LogP contribution in [0.4, 0.5) is 0 Å². The quantitative estimate of drug-likeness (QED) is 0.363. The fourth-order valence-corrected chi connectivity index (χ4v) is 3.94. The molecule has 0 radical (unpaired) electrons. The molecule has 0 aliphatic heterocycles. The van der Waals surface area contributed by atoms with Gasteiger partial charge in [0.25, 0.3) is 0 Å². The predicted octanol–water partition coefficient (Wildman–Crippen LogP) is 5.18. The van der Waals surface area contributed by atoms with Crippen LogP contribution in [0.5, 0.6) is 5.75 Å². The van der Waals surface area contributed by atoms with E-state index < -0.39 is 5.97 Å². The average Bonchev–Trinajstić information content (AvgIpc) is 2.81. The molecule has 32 heavy (non-hydrogen) atoms. The third-order valence-corrected chi connectivity index (χ3v) is 5.63. The molecule has 0 amide bonds. The maximum absolute atomic E-state index is 11.0. The third-order valence-electron chi connectivity index (χ3n) is 5.63.